The molecule has 0 aliphatic rings. The van der Waals surface area contributed by atoms with E-state index >= 15 is 0 Å². The van der Waals surface area contributed by atoms with Gasteiger partial charge in [-0.15, -0.1) is 0 Å². The van der Waals surface area contributed by atoms with E-state index in [1.807, 2.05) is 0 Å². The molecule has 0 bridgehead atoms. The van der Waals surface area contributed by atoms with Crippen LogP contribution < -0.4 is 76.9 Å². The minimum Gasteiger partial charge on any atom is -0.481 e. The van der Waals surface area contributed by atoms with Gasteiger partial charge in [0.15, 0.2) is 5.96 Å². The van der Waals surface area contributed by atoms with Crippen LogP contribution in [-0.2, 0) is 52.7 Å². The normalized spacial score (nSPS) is 14.8. The minimum atomic E-state index is -1.84. The van der Waals surface area contributed by atoms with Crippen LogP contribution in [-0.4, -0.2) is 179 Å². The number of aliphatic imine (C=N–C) groups is 1. The Morgan fingerprint density at radius 3 is 1.29 bits per heavy atom. The van der Waals surface area contributed by atoms with Crippen molar-refractivity contribution in [3.05, 3.63) is 0 Å². The number of unbranched alkanes of at least 4 members (excludes halogenated alkanes) is 2. The molecular weight excluding hydrogens is 955 g/mol. The number of primary amides is 1. The molecule has 0 aliphatic carbocycles. The third kappa shape index (κ3) is 25.8. The lowest BCUT2D eigenvalue weighted by Crippen LogP contribution is -2.61. The second-order valence-corrected chi connectivity index (χ2v) is 16.2. The van der Waals surface area contributed by atoms with Gasteiger partial charge < -0.3 is 92.3 Å². The molecule has 0 spiro atoms. The van der Waals surface area contributed by atoms with Gasteiger partial charge in [-0.05, 0) is 71.4 Å². The molecule has 0 aromatic rings. The van der Waals surface area contributed by atoms with Crippen LogP contribution in [0.2, 0.25) is 0 Å². The van der Waals surface area contributed by atoms with Gasteiger partial charge in [0.1, 0.15) is 48.3 Å². The third-order valence-corrected chi connectivity index (χ3v) is 10.4. The maximum atomic E-state index is 13.8. The molecule has 9 atom stereocenters. The Morgan fingerprint density at radius 2 is 0.899 bits per heavy atom. The molecule has 0 saturated heterocycles. The van der Waals surface area contributed by atoms with Crippen molar-refractivity contribution in [2.45, 2.75) is 126 Å². The first-order chi connectivity index (χ1) is 32.5. The van der Waals surface area contributed by atoms with E-state index in [2.05, 4.69) is 72.8 Å². The van der Waals surface area contributed by atoms with E-state index in [-0.39, 0.29) is 69.9 Å². The number of hydrogen-bond donors (Lipinski definition) is 19. The molecule has 0 aliphatic heterocycles. The molecule has 0 radical (unpaired) electrons. The Kier molecular flexibility index (Phi) is 31.3. The van der Waals surface area contributed by atoms with Crippen LogP contribution in [0.3, 0.4) is 0 Å². The number of carbonyl (C=O) groups is 11. The number of carboxylic acid groups (broad SMARTS) is 2. The number of nitrogens with two attached hydrogens (primary N) is 6. The number of amides is 9. The highest BCUT2D eigenvalue weighted by Crippen LogP contribution is 2.08. The SMILES string of the molecule is C[C@H](NC(=O)[C@@H](N)CS)C(=O)N[C@@H](CCCN=C(N)N)C(=O)N[C@@H](CO)C(=O)N[C@@H](CCCCN)C(=O)N[C@@H](CC(N)=O)C(=O)N[C@@H](CCCCN)C(=O)N[C@@H](CC(=O)O)C(=O)N[C@@H](CS)C(=O)O. The molecule has 29 nitrogen and oxygen atoms in total. The Balaban J connectivity index is 6.54. The lowest BCUT2D eigenvalue weighted by Gasteiger charge is -2.27. The van der Waals surface area contributed by atoms with Crippen molar-refractivity contribution < 1.29 is 68.1 Å². The van der Waals surface area contributed by atoms with Crippen LogP contribution in [0.15, 0.2) is 4.99 Å². The van der Waals surface area contributed by atoms with Crippen LogP contribution in [0.25, 0.3) is 0 Å². The number of nitrogens with one attached hydrogen (secondary N) is 8. The minimum absolute atomic E-state index is 0.0188. The summed E-state index contributed by atoms with van der Waals surface area (Å²) in [4.78, 5) is 146. The summed E-state index contributed by atoms with van der Waals surface area (Å²) in [5, 5.41) is 47.3. The number of rotatable bonds is 36. The summed E-state index contributed by atoms with van der Waals surface area (Å²) in [5.41, 5.74) is 33.0. The average Bonchev–Trinajstić information content (AvgIpc) is 3.28. The summed E-state index contributed by atoms with van der Waals surface area (Å²) in [6, 6.07) is -13.7. The number of thiol groups is 2. The van der Waals surface area contributed by atoms with Gasteiger partial charge >= 0.3 is 11.9 Å². The molecule has 0 aromatic heterocycles. The molecule has 0 rings (SSSR count). The van der Waals surface area contributed by atoms with Crippen molar-refractivity contribution >= 4 is 96.3 Å². The van der Waals surface area contributed by atoms with Crippen molar-refractivity contribution in [2.24, 2.45) is 39.4 Å². The molecule has 0 unspecified atom stereocenters. The molecule has 0 saturated carbocycles. The van der Waals surface area contributed by atoms with Crippen LogP contribution >= 0.6 is 25.3 Å². The average molecular weight is 1020 g/mol. The lowest BCUT2D eigenvalue weighted by molar-refractivity contribution is -0.143. The number of guanidine groups is 1. The second-order valence-electron chi connectivity index (χ2n) is 15.4. The molecule has 392 valence electrons. The fourth-order valence-electron chi connectivity index (χ4n) is 5.87. The van der Waals surface area contributed by atoms with Gasteiger partial charge in [-0.1, -0.05) is 0 Å². The molecule has 31 heteroatoms. The van der Waals surface area contributed by atoms with E-state index in [0.29, 0.717) is 12.8 Å². The number of aliphatic hydroxyl groups excluding tert-OH is 1. The Labute approximate surface area is 408 Å². The van der Waals surface area contributed by atoms with Gasteiger partial charge in [0, 0.05) is 18.1 Å². The zero-order chi connectivity index (χ0) is 52.8. The predicted molar refractivity (Wildman–Crippen MR) is 253 cm³/mol. The summed E-state index contributed by atoms with van der Waals surface area (Å²) in [7, 11) is 0. The predicted octanol–water partition coefficient (Wildman–Crippen LogP) is -8.19. The van der Waals surface area contributed by atoms with Crippen LogP contribution in [0.1, 0.15) is 71.1 Å². The highest BCUT2D eigenvalue weighted by atomic mass is 32.1. The Hall–Kier alpha value is -6.02. The second kappa shape index (κ2) is 34.3. The highest BCUT2D eigenvalue weighted by molar-refractivity contribution is 7.80. The molecule has 0 fully saturated rings. The van der Waals surface area contributed by atoms with Gasteiger partial charge in [0.25, 0.3) is 0 Å². The number of carboxylic acids is 2. The van der Waals surface area contributed by atoms with E-state index in [9.17, 15) is 68.1 Å². The summed E-state index contributed by atoms with van der Waals surface area (Å²) in [6.45, 7) is 0.601. The topological polar surface area (TPSA) is 513 Å². The van der Waals surface area contributed by atoms with Gasteiger partial charge in [-0.2, -0.15) is 25.3 Å². The smallest absolute Gasteiger partial charge is 0.327 e. The third-order valence-electron chi connectivity index (χ3n) is 9.69. The number of hydrogen-bond acceptors (Lipinski definition) is 18. The van der Waals surface area contributed by atoms with Crippen molar-refractivity contribution in [3.63, 3.8) is 0 Å². The molecule has 0 heterocycles. The van der Waals surface area contributed by atoms with Gasteiger partial charge in [-0.3, -0.25) is 52.9 Å². The van der Waals surface area contributed by atoms with Crippen LogP contribution in [0, 0.1) is 0 Å². The quantitative estimate of drug-likeness (QED) is 0.0120. The van der Waals surface area contributed by atoms with E-state index < -0.39 is 145 Å². The molecule has 23 N–H and O–H groups in total. The van der Waals surface area contributed by atoms with E-state index in [1.165, 1.54) is 6.92 Å². The number of carbonyl (C=O) groups excluding carboxylic acids is 9. The van der Waals surface area contributed by atoms with E-state index in [1.54, 1.807) is 0 Å². The first kappa shape index (κ1) is 63.0. The summed E-state index contributed by atoms with van der Waals surface area (Å²) in [5.74, 6) is -13.0. The summed E-state index contributed by atoms with van der Waals surface area (Å²) in [6.07, 6.45) is -1.15. The van der Waals surface area contributed by atoms with E-state index in [4.69, 9.17) is 34.4 Å². The monoisotopic (exact) mass is 1020 g/mol. The van der Waals surface area contributed by atoms with Crippen LogP contribution in [0.4, 0.5) is 0 Å². The van der Waals surface area contributed by atoms with Crippen molar-refractivity contribution in [2.75, 3.05) is 37.7 Å². The van der Waals surface area contributed by atoms with Gasteiger partial charge in [0.05, 0.1) is 25.5 Å². The van der Waals surface area contributed by atoms with Crippen molar-refractivity contribution in [1.82, 2.24) is 42.5 Å². The summed E-state index contributed by atoms with van der Waals surface area (Å²) < 4.78 is 0. The van der Waals surface area contributed by atoms with E-state index in [0.717, 1.165) is 0 Å². The maximum absolute atomic E-state index is 13.8. The van der Waals surface area contributed by atoms with Gasteiger partial charge in [-0.25, -0.2) is 4.79 Å². The zero-order valence-electron chi connectivity index (χ0n) is 38.1. The fourth-order valence-corrected chi connectivity index (χ4v) is 6.28. The Bertz CT molecular complexity index is 1800. The molecule has 69 heavy (non-hydrogen) atoms. The van der Waals surface area contributed by atoms with Crippen LogP contribution in [0.5, 0.6) is 0 Å². The maximum Gasteiger partial charge on any atom is 0.327 e. The summed E-state index contributed by atoms with van der Waals surface area (Å²) >= 11 is 7.79. The fraction of sp³-hybridized carbons (Fsp3) is 0.684. The largest absolute Gasteiger partial charge is 0.481 e. The first-order valence-corrected chi connectivity index (χ1v) is 22.9. The number of aliphatic carboxylic acids is 2. The van der Waals surface area contributed by atoms with Crippen molar-refractivity contribution in [3.8, 4) is 0 Å². The first-order valence-electron chi connectivity index (χ1n) is 21.7. The molecule has 9 amide bonds. The lowest BCUT2D eigenvalue weighted by atomic mass is 10.0. The van der Waals surface area contributed by atoms with Crippen molar-refractivity contribution in [1.29, 1.82) is 0 Å². The number of aliphatic hydroxyl groups is 1. The standard InChI is InChI=1S/C38H69N15O14S2/c1-18(46-30(59)19(41)16-68)29(58)47-22(9-6-12-45-38(43)44)33(62)52-25(15-54)36(65)49-21(8-3-5-11-40)31(60)50-23(13-27(42)55)34(63)48-20(7-2-4-10-39)32(61)51-24(14-28(56)57)35(64)53-26(17-69)37(66)67/h18-26,54,68-69H,2-17,39-41H2,1H3,(H2,42,55)(H,46,59)(H,47,58)(H,48,63)(H,49,65)(H,50,60)(H,51,61)(H,52,62)(H,53,64)(H,56,57)(H,66,67)(H4,43,44,45)/t18-,19-,20-,21-,22-,23-,24-,25-,26-/m0/s1. The highest BCUT2D eigenvalue weighted by Gasteiger charge is 2.35. The Morgan fingerprint density at radius 1 is 0.507 bits per heavy atom. The molecular formula is C38H69N15O14S2. The zero-order valence-corrected chi connectivity index (χ0v) is 39.9. The number of nitrogens with zero attached hydrogens (tertiary/aromatic N) is 1. The molecule has 0 aromatic carbocycles. The van der Waals surface area contributed by atoms with Gasteiger partial charge in [0.2, 0.25) is 53.2 Å².